The van der Waals surface area contributed by atoms with Gasteiger partial charge in [-0.15, -0.1) is 11.3 Å². The number of carbonyl (C=O) groups excluding carboxylic acids is 1. The van der Waals surface area contributed by atoms with Crippen LogP contribution in [0.15, 0.2) is 41.8 Å². The second kappa shape index (κ2) is 5.77. The van der Waals surface area contributed by atoms with Crippen molar-refractivity contribution in [2.45, 2.75) is 18.9 Å². The van der Waals surface area contributed by atoms with Crippen LogP contribution >= 0.6 is 11.3 Å². The van der Waals surface area contributed by atoms with Gasteiger partial charge in [0.05, 0.1) is 18.0 Å². The van der Waals surface area contributed by atoms with Gasteiger partial charge in [0, 0.05) is 24.4 Å². The predicted molar refractivity (Wildman–Crippen MR) is 76.6 cm³/mol. The maximum absolute atomic E-state index is 10.8. The molecule has 0 aliphatic carbocycles. The molecule has 2 heterocycles. The van der Waals surface area contributed by atoms with Gasteiger partial charge in [-0.2, -0.15) is 0 Å². The van der Waals surface area contributed by atoms with Gasteiger partial charge in [-0.05, 0) is 17.0 Å². The summed E-state index contributed by atoms with van der Waals surface area (Å²) in [6.07, 6.45) is 1.14. The van der Waals surface area contributed by atoms with Crippen LogP contribution in [0.4, 0.5) is 0 Å². The fourth-order valence-corrected chi connectivity index (χ4v) is 3.95. The second-order valence-electron chi connectivity index (χ2n) is 5.18. The number of benzene rings is 1. The van der Waals surface area contributed by atoms with Crippen LogP contribution < -0.4 is 10.0 Å². The van der Waals surface area contributed by atoms with E-state index in [1.807, 2.05) is 0 Å². The topological polar surface area (TPSA) is 44.6 Å². The number of rotatable bonds is 4. The zero-order valence-corrected chi connectivity index (χ0v) is 12.0. The number of hydrogen-bond acceptors (Lipinski definition) is 3. The first-order valence-corrected chi connectivity index (χ1v) is 7.79. The Hall–Kier alpha value is -1.65. The van der Waals surface area contributed by atoms with Crippen molar-refractivity contribution in [2.75, 3.05) is 13.1 Å². The number of aliphatic carboxylic acids is 1. The molecule has 0 saturated carbocycles. The highest BCUT2D eigenvalue weighted by atomic mass is 32.1. The van der Waals surface area contributed by atoms with Crippen LogP contribution in [-0.4, -0.2) is 19.1 Å². The van der Waals surface area contributed by atoms with Crippen LogP contribution in [0.1, 0.15) is 28.5 Å². The van der Waals surface area contributed by atoms with Crippen molar-refractivity contribution in [3.63, 3.8) is 0 Å². The minimum absolute atomic E-state index is 0.124. The Balaban J connectivity index is 1.94. The molecule has 0 bridgehead atoms. The van der Waals surface area contributed by atoms with E-state index >= 15 is 0 Å². The molecule has 1 aliphatic heterocycles. The lowest BCUT2D eigenvalue weighted by molar-refractivity contribution is -0.927. The summed E-state index contributed by atoms with van der Waals surface area (Å²) in [6, 6.07) is 13.0. The third kappa shape index (κ3) is 2.62. The predicted octanol–water partition coefficient (Wildman–Crippen LogP) is 0.419. The van der Waals surface area contributed by atoms with E-state index in [9.17, 15) is 9.90 Å². The molecule has 0 fully saturated rings. The van der Waals surface area contributed by atoms with Crippen molar-refractivity contribution < 1.29 is 14.8 Å². The molecule has 20 heavy (non-hydrogen) atoms. The number of carboxylic acids is 1. The number of thiophene rings is 1. The zero-order valence-electron chi connectivity index (χ0n) is 11.2. The number of carbonyl (C=O) groups is 1. The van der Waals surface area contributed by atoms with Crippen molar-refractivity contribution in [2.24, 2.45) is 0 Å². The highest BCUT2D eigenvalue weighted by molar-refractivity contribution is 7.10. The molecule has 2 aromatic rings. The highest BCUT2D eigenvalue weighted by Gasteiger charge is 2.32. The summed E-state index contributed by atoms with van der Waals surface area (Å²) in [5, 5.41) is 12.8. The van der Waals surface area contributed by atoms with Crippen LogP contribution in [0.3, 0.4) is 0 Å². The lowest BCUT2D eigenvalue weighted by Crippen LogP contribution is -3.13. The summed E-state index contributed by atoms with van der Waals surface area (Å²) >= 11 is 1.75. The quantitative estimate of drug-likeness (QED) is 0.886. The van der Waals surface area contributed by atoms with E-state index in [4.69, 9.17) is 0 Å². The maximum atomic E-state index is 10.8. The molecule has 1 aromatic heterocycles. The second-order valence-corrected chi connectivity index (χ2v) is 6.16. The van der Waals surface area contributed by atoms with Crippen molar-refractivity contribution in [1.29, 1.82) is 0 Å². The van der Waals surface area contributed by atoms with Crippen LogP contribution in [0, 0.1) is 0 Å². The molecule has 104 valence electrons. The highest BCUT2D eigenvalue weighted by Crippen LogP contribution is 2.28. The van der Waals surface area contributed by atoms with Gasteiger partial charge < -0.3 is 14.8 Å². The van der Waals surface area contributed by atoms with E-state index in [0.29, 0.717) is 6.54 Å². The van der Waals surface area contributed by atoms with Gasteiger partial charge in [0.15, 0.2) is 0 Å². The average Bonchev–Trinajstić information content (AvgIpc) is 2.98. The van der Waals surface area contributed by atoms with Crippen molar-refractivity contribution in [3.8, 4) is 0 Å². The number of hydrogen-bond donors (Lipinski definition) is 1. The van der Waals surface area contributed by atoms with Gasteiger partial charge in [-0.1, -0.05) is 30.3 Å². The van der Waals surface area contributed by atoms with Crippen molar-refractivity contribution >= 4 is 17.3 Å². The summed E-state index contributed by atoms with van der Waals surface area (Å²) in [4.78, 5) is 13.4. The molecule has 1 aromatic carbocycles. The van der Waals surface area contributed by atoms with Gasteiger partial charge in [-0.25, -0.2) is 0 Å². The van der Waals surface area contributed by atoms with Gasteiger partial charge in [0.25, 0.3) is 0 Å². The molecule has 1 aliphatic rings. The van der Waals surface area contributed by atoms with E-state index < -0.39 is 5.97 Å². The molecule has 1 N–H and O–H groups in total. The minimum Gasteiger partial charge on any atom is -0.550 e. The maximum Gasteiger partial charge on any atom is 0.148 e. The Morgan fingerprint density at radius 2 is 2.15 bits per heavy atom. The Morgan fingerprint density at radius 3 is 2.90 bits per heavy atom. The fourth-order valence-electron chi connectivity index (χ4n) is 3.04. The molecule has 3 nitrogen and oxygen atoms in total. The van der Waals surface area contributed by atoms with Gasteiger partial charge in [0.1, 0.15) is 6.04 Å². The number of quaternary nitrogens is 1. The normalized spacial score (nSPS) is 21.4. The lowest BCUT2D eigenvalue weighted by Gasteiger charge is -2.34. The molecule has 0 amide bonds. The van der Waals surface area contributed by atoms with E-state index in [1.54, 1.807) is 11.3 Å². The molecule has 0 saturated heterocycles. The molecule has 2 atom stereocenters. The summed E-state index contributed by atoms with van der Waals surface area (Å²) in [5.41, 5.74) is 2.73. The van der Waals surface area contributed by atoms with E-state index in [-0.39, 0.29) is 12.5 Å². The number of nitrogens with one attached hydrogen (secondary N) is 1. The summed E-state index contributed by atoms with van der Waals surface area (Å²) in [5.74, 6) is -0.957. The molecule has 4 heteroatoms. The van der Waals surface area contributed by atoms with Crippen LogP contribution in [0.25, 0.3) is 0 Å². The van der Waals surface area contributed by atoms with E-state index in [0.717, 1.165) is 13.0 Å². The fraction of sp³-hybridized carbons (Fsp3) is 0.312. The molecule has 1 unspecified atom stereocenters. The minimum atomic E-state index is -0.957. The third-order valence-electron chi connectivity index (χ3n) is 3.97. The third-order valence-corrected chi connectivity index (χ3v) is 4.90. The standard InChI is InChI=1S/C16H17NO2S/c18-15(19)8-10-17-9-7-12-4-1-2-5-13(12)16(17)14-6-3-11-20-14/h1-6,11,16H,7-10H2,(H,18,19)/t16-/m0/s1. The first-order chi connectivity index (χ1) is 9.75. The Bertz CT molecular complexity index is 594. The van der Waals surface area contributed by atoms with Gasteiger partial charge >= 0.3 is 0 Å². The first-order valence-electron chi connectivity index (χ1n) is 6.91. The largest absolute Gasteiger partial charge is 0.550 e. The van der Waals surface area contributed by atoms with E-state index in [1.165, 1.54) is 20.9 Å². The summed E-state index contributed by atoms with van der Waals surface area (Å²) in [6.45, 7) is 1.60. The smallest absolute Gasteiger partial charge is 0.148 e. The molecular formula is C16H17NO2S. The Morgan fingerprint density at radius 1 is 1.30 bits per heavy atom. The SMILES string of the molecule is O=C([O-])CC[NH+]1CCc2ccccc2[C@H]1c1cccs1. The number of carboxylic acid groups (broad SMARTS) is 1. The van der Waals surface area contributed by atoms with Crippen molar-refractivity contribution in [3.05, 3.63) is 57.8 Å². The first kappa shape index (κ1) is 13.3. The number of fused-ring (bicyclic) bond motifs is 1. The van der Waals surface area contributed by atoms with Gasteiger partial charge in [0.2, 0.25) is 0 Å². The van der Waals surface area contributed by atoms with Crippen molar-refractivity contribution in [1.82, 2.24) is 0 Å². The molecular weight excluding hydrogens is 270 g/mol. The average molecular weight is 287 g/mol. The van der Waals surface area contributed by atoms with Gasteiger partial charge in [-0.3, -0.25) is 0 Å². The Labute approximate surface area is 122 Å². The van der Waals surface area contributed by atoms with Crippen LogP contribution in [-0.2, 0) is 11.2 Å². The molecule has 3 rings (SSSR count). The Kier molecular flexibility index (Phi) is 3.85. The zero-order chi connectivity index (χ0) is 13.9. The van der Waals surface area contributed by atoms with E-state index in [2.05, 4.69) is 41.8 Å². The lowest BCUT2D eigenvalue weighted by atomic mass is 9.91. The van der Waals surface area contributed by atoms with Crippen LogP contribution in [0.5, 0.6) is 0 Å². The molecule has 0 spiro atoms. The van der Waals surface area contributed by atoms with Crippen LogP contribution in [0.2, 0.25) is 0 Å². The molecule has 0 radical (unpaired) electrons. The summed E-state index contributed by atoms with van der Waals surface area (Å²) in [7, 11) is 0. The summed E-state index contributed by atoms with van der Waals surface area (Å²) < 4.78 is 0. The monoisotopic (exact) mass is 287 g/mol.